The van der Waals surface area contributed by atoms with Crippen LogP contribution in [0, 0.1) is 5.82 Å². The Morgan fingerprint density at radius 2 is 2.12 bits per heavy atom. The molecule has 5 heteroatoms. The molecule has 0 aliphatic rings. The first kappa shape index (κ1) is 13.4. The molecule has 0 aliphatic heterocycles. The van der Waals surface area contributed by atoms with E-state index in [1.807, 2.05) is 13.8 Å². The summed E-state index contributed by atoms with van der Waals surface area (Å²) in [5, 5.41) is 2.95. The Labute approximate surface area is 100.0 Å². The summed E-state index contributed by atoms with van der Waals surface area (Å²) in [5.74, 6) is -0.861. The molecule has 94 valence electrons. The van der Waals surface area contributed by atoms with Crippen LogP contribution in [0.2, 0.25) is 0 Å². The van der Waals surface area contributed by atoms with Gasteiger partial charge in [-0.05, 0) is 12.1 Å². The van der Waals surface area contributed by atoms with Crippen LogP contribution in [-0.2, 0) is 4.79 Å². The second kappa shape index (κ2) is 6.20. The number of primary amides is 1. The molecule has 3 N–H and O–H groups in total. The van der Waals surface area contributed by atoms with Gasteiger partial charge in [0.05, 0.1) is 0 Å². The van der Waals surface area contributed by atoms with Gasteiger partial charge in [-0.3, -0.25) is 4.79 Å². The third kappa shape index (κ3) is 4.40. The van der Waals surface area contributed by atoms with Gasteiger partial charge >= 0.3 is 0 Å². The van der Waals surface area contributed by atoms with Crippen molar-refractivity contribution in [2.75, 3.05) is 6.61 Å². The summed E-state index contributed by atoms with van der Waals surface area (Å²) < 4.78 is 18.5. The Bertz CT molecular complexity index is 383. The van der Waals surface area contributed by atoms with E-state index in [1.165, 1.54) is 12.1 Å². The maximum Gasteiger partial charge on any atom is 0.238 e. The fraction of sp³-hybridized carbons (Fsp3) is 0.417. The van der Waals surface area contributed by atoms with Crippen LogP contribution in [0.1, 0.15) is 13.8 Å². The average molecular weight is 240 g/mol. The van der Waals surface area contributed by atoms with Crippen LogP contribution in [0.5, 0.6) is 5.75 Å². The number of carbonyl (C=O) groups excluding carboxylic acids is 1. The first-order chi connectivity index (χ1) is 8.00. The summed E-state index contributed by atoms with van der Waals surface area (Å²) in [4.78, 5) is 11.1. The van der Waals surface area contributed by atoms with Gasteiger partial charge in [-0.2, -0.15) is 0 Å². The van der Waals surface area contributed by atoms with E-state index < -0.39 is 17.8 Å². The normalized spacial score (nSPS) is 12.5. The molecule has 0 saturated heterocycles. The number of hydrogen-bond acceptors (Lipinski definition) is 3. The molecule has 0 bridgehead atoms. The highest BCUT2D eigenvalue weighted by atomic mass is 19.1. The minimum atomic E-state index is -0.630. The third-order valence-corrected chi connectivity index (χ3v) is 2.12. The number of rotatable bonds is 6. The van der Waals surface area contributed by atoms with Crippen LogP contribution in [0.4, 0.5) is 4.39 Å². The van der Waals surface area contributed by atoms with E-state index in [9.17, 15) is 9.18 Å². The third-order valence-electron chi connectivity index (χ3n) is 2.12. The number of amides is 1. The molecule has 1 aromatic rings. The molecular weight excluding hydrogens is 223 g/mol. The zero-order valence-corrected chi connectivity index (χ0v) is 9.94. The van der Waals surface area contributed by atoms with E-state index in [0.717, 1.165) is 0 Å². The van der Waals surface area contributed by atoms with Crippen molar-refractivity contribution in [3.05, 3.63) is 30.1 Å². The number of benzene rings is 1. The number of nitrogens with two attached hydrogens (primary N) is 1. The van der Waals surface area contributed by atoms with E-state index in [0.29, 0.717) is 0 Å². The quantitative estimate of drug-likeness (QED) is 0.781. The monoisotopic (exact) mass is 240 g/mol. The van der Waals surface area contributed by atoms with E-state index >= 15 is 0 Å². The molecule has 1 atom stereocenters. The van der Waals surface area contributed by atoms with Gasteiger partial charge in [0, 0.05) is 6.04 Å². The average Bonchev–Trinajstić information content (AvgIpc) is 2.25. The van der Waals surface area contributed by atoms with Crippen molar-refractivity contribution in [3.63, 3.8) is 0 Å². The minimum Gasteiger partial charge on any atom is -0.488 e. The largest absolute Gasteiger partial charge is 0.488 e. The van der Waals surface area contributed by atoms with Crippen LogP contribution < -0.4 is 15.8 Å². The molecular formula is C12H17FN2O2. The summed E-state index contributed by atoms with van der Waals surface area (Å²) in [7, 11) is 0. The number of nitrogens with one attached hydrogen (secondary N) is 1. The number of ether oxygens (including phenoxy) is 1. The molecule has 1 rings (SSSR count). The van der Waals surface area contributed by atoms with Crippen molar-refractivity contribution in [3.8, 4) is 5.75 Å². The first-order valence-corrected chi connectivity index (χ1v) is 5.43. The van der Waals surface area contributed by atoms with Crippen molar-refractivity contribution in [2.24, 2.45) is 5.73 Å². The van der Waals surface area contributed by atoms with Crippen molar-refractivity contribution >= 4 is 5.91 Å². The Morgan fingerprint density at radius 1 is 1.47 bits per heavy atom. The summed E-state index contributed by atoms with van der Waals surface area (Å²) >= 11 is 0. The predicted octanol–water partition coefficient (Wildman–Crippen LogP) is 1.06. The number of para-hydroxylation sites is 1. The van der Waals surface area contributed by atoms with Gasteiger partial charge in [-0.15, -0.1) is 0 Å². The van der Waals surface area contributed by atoms with Gasteiger partial charge in [0.2, 0.25) is 5.91 Å². The SMILES string of the molecule is CC(C)NC(COc1ccccc1F)C(N)=O. The molecule has 0 spiro atoms. The van der Waals surface area contributed by atoms with Gasteiger partial charge in [0.25, 0.3) is 0 Å². The Kier molecular flexibility index (Phi) is 4.90. The summed E-state index contributed by atoms with van der Waals surface area (Å²) in [5.41, 5.74) is 5.21. The number of hydrogen-bond donors (Lipinski definition) is 2. The Hall–Kier alpha value is -1.62. The lowest BCUT2D eigenvalue weighted by atomic mass is 10.2. The zero-order valence-electron chi connectivity index (χ0n) is 9.94. The molecule has 0 saturated carbocycles. The van der Waals surface area contributed by atoms with E-state index in [2.05, 4.69) is 5.32 Å². The van der Waals surface area contributed by atoms with Gasteiger partial charge in [0.15, 0.2) is 11.6 Å². The Morgan fingerprint density at radius 3 is 2.65 bits per heavy atom. The van der Waals surface area contributed by atoms with E-state index in [-0.39, 0.29) is 18.4 Å². The zero-order chi connectivity index (χ0) is 12.8. The van der Waals surface area contributed by atoms with Crippen LogP contribution in [-0.4, -0.2) is 24.6 Å². The molecule has 1 unspecified atom stereocenters. The lowest BCUT2D eigenvalue weighted by Gasteiger charge is -2.18. The molecule has 1 aromatic carbocycles. The van der Waals surface area contributed by atoms with Crippen LogP contribution >= 0.6 is 0 Å². The van der Waals surface area contributed by atoms with Gasteiger partial charge in [-0.1, -0.05) is 26.0 Å². The molecule has 4 nitrogen and oxygen atoms in total. The molecule has 0 radical (unpaired) electrons. The molecule has 0 aromatic heterocycles. The Balaban J connectivity index is 2.58. The van der Waals surface area contributed by atoms with Gasteiger partial charge in [0.1, 0.15) is 12.6 Å². The molecule has 0 heterocycles. The van der Waals surface area contributed by atoms with Crippen molar-refractivity contribution in [1.82, 2.24) is 5.32 Å². The fourth-order valence-corrected chi connectivity index (χ4v) is 1.35. The predicted molar refractivity (Wildman–Crippen MR) is 63.1 cm³/mol. The second-order valence-corrected chi connectivity index (χ2v) is 4.02. The van der Waals surface area contributed by atoms with Crippen LogP contribution in [0.15, 0.2) is 24.3 Å². The van der Waals surface area contributed by atoms with Crippen LogP contribution in [0.3, 0.4) is 0 Å². The molecule has 17 heavy (non-hydrogen) atoms. The fourth-order valence-electron chi connectivity index (χ4n) is 1.35. The molecule has 0 fully saturated rings. The van der Waals surface area contributed by atoms with E-state index in [1.54, 1.807) is 12.1 Å². The molecule has 1 amide bonds. The van der Waals surface area contributed by atoms with E-state index in [4.69, 9.17) is 10.5 Å². The minimum absolute atomic E-state index is 0.00838. The van der Waals surface area contributed by atoms with Crippen molar-refractivity contribution in [2.45, 2.75) is 25.9 Å². The maximum absolute atomic E-state index is 13.2. The summed E-state index contributed by atoms with van der Waals surface area (Å²) in [6.45, 7) is 3.78. The smallest absolute Gasteiger partial charge is 0.238 e. The first-order valence-electron chi connectivity index (χ1n) is 5.43. The topological polar surface area (TPSA) is 64.3 Å². The van der Waals surface area contributed by atoms with Gasteiger partial charge in [-0.25, -0.2) is 4.39 Å². The second-order valence-electron chi connectivity index (χ2n) is 4.02. The summed E-state index contributed by atoms with van der Waals surface area (Å²) in [6, 6.07) is 5.49. The number of halogens is 1. The standard InChI is InChI=1S/C12H17FN2O2/c1-8(2)15-10(12(14)16)7-17-11-6-4-3-5-9(11)13/h3-6,8,10,15H,7H2,1-2H3,(H2,14,16). The highest BCUT2D eigenvalue weighted by Crippen LogP contribution is 2.15. The van der Waals surface area contributed by atoms with Gasteiger partial charge < -0.3 is 15.8 Å². The lowest BCUT2D eigenvalue weighted by molar-refractivity contribution is -0.120. The highest BCUT2D eigenvalue weighted by molar-refractivity contribution is 5.80. The number of carbonyl (C=O) groups is 1. The maximum atomic E-state index is 13.2. The summed E-state index contributed by atoms with van der Waals surface area (Å²) in [6.07, 6.45) is 0. The van der Waals surface area contributed by atoms with Crippen molar-refractivity contribution in [1.29, 1.82) is 0 Å². The van der Waals surface area contributed by atoms with Crippen LogP contribution in [0.25, 0.3) is 0 Å². The lowest BCUT2D eigenvalue weighted by Crippen LogP contribution is -2.48. The highest BCUT2D eigenvalue weighted by Gasteiger charge is 2.17. The van der Waals surface area contributed by atoms with Crippen molar-refractivity contribution < 1.29 is 13.9 Å². The molecule has 0 aliphatic carbocycles.